The zero-order chi connectivity index (χ0) is 37.8. The van der Waals surface area contributed by atoms with E-state index in [0.29, 0.717) is 17.5 Å². The van der Waals surface area contributed by atoms with Gasteiger partial charge in [-0.15, -0.1) is 0 Å². The van der Waals surface area contributed by atoms with Gasteiger partial charge in [0, 0.05) is 43.9 Å². The number of hydrogen-bond donors (Lipinski definition) is 0. The summed E-state index contributed by atoms with van der Waals surface area (Å²) in [5.41, 5.74) is 11.5. The van der Waals surface area contributed by atoms with Crippen LogP contribution in [0.4, 0.5) is 0 Å². The van der Waals surface area contributed by atoms with Crippen molar-refractivity contribution in [2.45, 2.75) is 64.2 Å². The molecule has 11 rings (SSSR count). The molecule has 0 unspecified atom stereocenters. The smallest absolute Gasteiger partial charge is 0.164 e. The summed E-state index contributed by atoms with van der Waals surface area (Å²) in [6, 6.07) is 43.2. The molecule has 0 saturated carbocycles. The largest absolute Gasteiger partial charge is 0.456 e. The van der Waals surface area contributed by atoms with E-state index in [4.69, 9.17) is 19.4 Å². The van der Waals surface area contributed by atoms with E-state index in [-0.39, 0.29) is 10.8 Å². The van der Waals surface area contributed by atoms with E-state index in [0.717, 1.165) is 51.5 Å². The van der Waals surface area contributed by atoms with Gasteiger partial charge in [0.1, 0.15) is 11.2 Å². The quantitative estimate of drug-likeness (QED) is 0.181. The highest BCUT2D eigenvalue weighted by molar-refractivity contribution is 6.15. The first-order chi connectivity index (χ1) is 27.2. The summed E-state index contributed by atoms with van der Waals surface area (Å²) in [5.74, 6) is 1.97. The molecule has 6 aromatic carbocycles. The van der Waals surface area contributed by atoms with Gasteiger partial charge in [0.15, 0.2) is 17.5 Å². The molecule has 0 amide bonds. The van der Waals surface area contributed by atoms with Crippen molar-refractivity contribution in [3.8, 4) is 22.8 Å². The fourth-order valence-corrected chi connectivity index (χ4v) is 9.31. The maximum atomic E-state index is 6.17. The summed E-state index contributed by atoms with van der Waals surface area (Å²) in [4.78, 5) is 15.5. The molecule has 2 aliphatic carbocycles. The van der Waals surface area contributed by atoms with Crippen LogP contribution in [0.25, 0.3) is 88.6 Å². The van der Waals surface area contributed by atoms with Gasteiger partial charge in [-0.1, -0.05) is 107 Å². The molecule has 0 aliphatic heterocycles. The highest BCUT2D eigenvalue weighted by Gasteiger charge is 2.38. The Balaban J connectivity index is 1.12. The molecule has 0 N–H and O–H groups in total. The maximum absolute atomic E-state index is 6.17. The normalized spacial score (nSPS) is 16.4. The van der Waals surface area contributed by atoms with Gasteiger partial charge in [-0.3, -0.25) is 0 Å². The van der Waals surface area contributed by atoms with Crippen LogP contribution in [-0.4, -0.2) is 19.5 Å². The topological polar surface area (TPSA) is 56.7 Å². The third-order valence-electron chi connectivity index (χ3n) is 12.5. The Kier molecular flexibility index (Phi) is 7.13. The van der Waals surface area contributed by atoms with Gasteiger partial charge in [-0.05, 0) is 113 Å². The summed E-state index contributed by atoms with van der Waals surface area (Å²) in [7, 11) is 0. The van der Waals surface area contributed by atoms with E-state index in [2.05, 4.69) is 123 Å². The zero-order valence-electron chi connectivity index (χ0n) is 32.2. The number of para-hydroxylation sites is 1. The van der Waals surface area contributed by atoms with Crippen LogP contribution in [-0.2, 0) is 10.8 Å². The third kappa shape index (κ3) is 5.17. The Hall–Kier alpha value is -6.33. The minimum absolute atomic E-state index is 0.0952. The molecule has 272 valence electrons. The Bertz CT molecular complexity index is 3140. The van der Waals surface area contributed by atoms with Gasteiger partial charge in [0.05, 0.1) is 11.0 Å². The fourth-order valence-electron chi connectivity index (χ4n) is 9.31. The third-order valence-corrected chi connectivity index (χ3v) is 12.5. The molecule has 0 atom stereocenters. The predicted octanol–water partition coefficient (Wildman–Crippen LogP) is 13.4. The molecule has 0 saturated heterocycles. The summed E-state index contributed by atoms with van der Waals surface area (Å²) in [6.45, 7) is 9.68. The van der Waals surface area contributed by atoms with E-state index < -0.39 is 0 Å². The van der Waals surface area contributed by atoms with E-state index >= 15 is 0 Å². The summed E-state index contributed by atoms with van der Waals surface area (Å²) >= 11 is 0. The van der Waals surface area contributed by atoms with Crippen molar-refractivity contribution < 1.29 is 4.42 Å². The summed E-state index contributed by atoms with van der Waals surface area (Å²) in [5, 5.41) is 7.27. The second kappa shape index (κ2) is 12.1. The summed E-state index contributed by atoms with van der Waals surface area (Å²) in [6.07, 6.45) is 8.77. The minimum atomic E-state index is 0.0952. The monoisotopic (exact) mass is 726 g/mol. The van der Waals surface area contributed by atoms with E-state index in [1.165, 1.54) is 62.2 Å². The molecule has 0 spiro atoms. The second-order valence-corrected chi connectivity index (χ2v) is 17.0. The van der Waals surface area contributed by atoms with Crippen LogP contribution in [0.1, 0.15) is 70.3 Å². The zero-order valence-corrected chi connectivity index (χ0v) is 32.2. The lowest BCUT2D eigenvalue weighted by molar-refractivity contribution is 0.332. The van der Waals surface area contributed by atoms with Crippen LogP contribution in [0.2, 0.25) is 0 Å². The first-order valence-electron chi connectivity index (χ1n) is 19.9. The van der Waals surface area contributed by atoms with Gasteiger partial charge in [0.25, 0.3) is 0 Å². The van der Waals surface area contributed by atoms with Crippen LogP contribution in [0.3, 0.4) is 0 Å². The van der Waals surface area contributed by atoms with Crippen molar-refractivity contribution >= 4 is 65.8 Å². The van der Waals surface area contributed by atoms with Crippen LogP contribution in [0.15, 0.2) is 138 Å². The first kappa shape index (κ1) is 33.0. The highest BCUT2D eigenvalue weighted by atomic mass is 16.3. The van der Waals surface area contributed by atoms with Crippen molar-refractivity contribution in [2.24, 2.45) is 0 Å². The number of allylic oxidation sites excluding steroid dienone is 4. The number of nitrogens with zero attached hydrogens (tertiary/aromatic N) is 4. The standard InChI is InChI=1S/C51H42N4O/c1-50(2)23-24-51(3,4)42-30-44-39(29-41(42)50)38-26-32-15-8-9-16-33(32)28-43(38)55(44)36-18-12-17-34(25-36)48-52-47(31-13-6-5-7-14-31)53-49(54-48)35-21-22-46-40(27-35)37-19-10-11-20-45(37)56-46/h5-11,13-17,19-22,25-30H,12,18,23-24H2,1-4H3. The van der Waals surface area contributed by atoms with Gasteiger partial charge in [-0.2, -0.15) is 0 Å². The molecule has 56 heavy (non-hydrogen) atoms. The van der Waals surface area contributed by atoms with Gasteiger partial charge in [-0.25, -0.2) is 15.0 Å². The van der Waals surface area contributed by atoms with Crippen molar-refractivity contribution in [1.29, 1.82) is 0 Å². The Morgan fingerprint density at radius 1 is 0.536 bits per heavy atom. The number of aromatic nitrogens is 4. The SMILES string of the molecule is CC1(C)CCC(C)(C)c2cc3c(cc21)c1cc2ccccc2cc1n3C1=CC(c2nc(-c3ccccc3)nc(-c3ccc4oc5ccccc5c4c3)n2)=CCC1. The Labute approximate surface area is 326 Å². The van der Waals surface area contributed by atoms with E-state index in [1.807, 2.05) is 42.5 Å². The molecular formula is C51H42N4O. The second-order valence-electron chi connectivity index (χ2n) is 17.0. The van der Waals surface area contributed by atoms with Crippen LogP contribution < -0.4 is 0 Å². The van der Waals surface area contributed by atoms with Crippen molar-refractivity contribution in [3.05, 3.63) is 150 Å². The first-order valence-corrected chi connectivity index (χ1v) is 19.9. The molecule has 9 aromatic rings. The van der Waals surface area contributed by atoms with E-state index in [9.17, 15) is 0 Å². The predicted molar refractivity (Wildman–Crippen MR) is 232 cm³/mol. The van der Waals surface area contributed by atoms with Gasteiger partial charge >= 0.3 is 0 Å². The molecule has 5 heteroatoms. The molecular weight excluding hydrogens is 685 g/mol. The number of rotatable bonds is 4. The molecule has 0 fully saturated rings. The van der Waals surface area contributed by atoms with Crippen LogP contribution in [0.5, 0.6) is 0 Å². The lowest BCUT2D eigenvalue weighted by Gasteiger charge is -2.42. The molecule has 3 aromatic heterocycles. The maximum Gasteiger partial charge on any atom is 0.164 e. The summed E-state index contributed by atoms with van der Waals surface area (Å²) < 4.78 is 8.71. The van der Waals surface area contributed by atoms with E-state index in [1.54, 1.807) is 0 Å². The molecule has 2 aliphatic rings. The van der Waals surface area contributed by atoms with Crippen molar-refractivity contribution in [1.82, 2.24) is 19.5 Å². The number of fused-ring (bicyclic) bond motifs is 8. The lowest BCUT2D eigenvalue weighted by atomic mass is 9.63. The van der Waals surface area contributed by atoms with Crippen LogP contribution >= 0.6 is 0 Å². The molecule has 0 bridgehead atoms. The fraction of sp³-hybridized carbons (Fsp3) is 0.196. The Morgan fingerprint density at radius 3 is 1.96 bits per heavy atom. The number of hydrogen-bond acceptors (Lipinski definition) is 4. The van der Waals surface area contributed by atoms with Gasteiger partial charge < -0.3 is 8.98 Å². The number of benzene rings is 6. The van der Waals surface area contributed by atoms with Crippen LogP contribution in [0, 0.1) is 0 Å². The van der Waals surface area contributed by atoms with Crippen molar-refractivity contribution in [2.75, 3.05) is 0 Å². The molecule has 5 nitrogen and oxygen atoms in total. The van der Waals surface area contributed by atoms with Gasteiger partial charge in [0.2, 0.25) is 0 Å². The lowest BCUT2D eigenvalue weighted by Crippen LogP contribution is -2.33. The highest BCUT2D eigenvalue weighted by Crippen LogP contribution is 2.49. The average molecular weight is 727 g/mol. The number of furan rings is 1. The molecule has 0 radical (unpaired) electrons. The average Bonchev–Trinajstić information content (AvgIpc) is 3.76. The van der Waals surface area contributed by atoms with Crippen molar-refractivity contribution in [3.63, 3.8) is 0 Å². The minimum Gasteiger partial charge on any atom is -0.456 e. The molecule has 3 heterocycles. The Morgan fingerprint density at radius 2 is 1.16 bits per heavy atom.